The predicted molar refractivity (Wildman–Crippen MR) is 30.9 cm³/mol. The van der Waals surface area contributed by atoms with Gasteiger partial charge in [-0.05, 0) is 0 Å². The van der Waals surface area contributed by atoms with Crippen molar-refractivity contribution in [3.05, 3.63) is 42.6 Å². The molecule has 0 spiro atoms. The van der Waals surface area contributed by atoms with Crippen LogP contribution >= 0.6 is 0 Å². The molecule has 0 aromatic heterocycles. The SMILES string of the molecule is [CH2-]c1ccccc1F.[K+]. The van der Waals surface area contributed by atoms with E-state index in [1.165, 1.54) is 6.07 Å². The molecular formula is C7H6FK. The first-order valence-corrected chi connectivity index (χ1v) is 2.37. The van der Waals surface area contributed by atoms with E-state index in [-0.39, 0.29) is 57.2 Å². The molecule has 0 N–H and O–H groups in total. The second-order valence-electron chi connectivity index (χ2n) is 1.59. The quantitative estimate of drug-likeness (QED) is 0.327. The van der Waals surface area contributed by atoms with Crippen LogP contribution in [0.4, 0.5) is 4.39 Å². The molecule has 0 heterocycles. The van der Waals surface area contributed by atoms with E-state index < -0.39 is 0 Å². The Morgan fingerprint density at radius 3 is 2.11 bits per heavy atom. The molecule has 0 aliphatic heterocycles. The van der Waals surface area contributed by atoms with Gasteiger partial charge in [0.2, 0.25) is 0 Å². The normalized spacial score (nSPS) is 8.11. The molecule has 0 saturated heterocycles. The van der Waals surface area contributed by atoms with Crippen LogP contribution in [0.3, 0.4) is 0 Å². The second kappa shape index (κ2) is 4.47. The van der Waals surface area contributed by atoms with E-state index >= 15 is 0 Å². The summed E-state index contributed by atoms with van der Waals surface area (Å²) in [6, 6.07) is 6.42. The van der Waals surface area contributed by atoms with Crippen LogP contribution in [0.25, 0.3) is 0 Å². The fourth-order valence-electron chi connectivity index (χ4n) is 0.498. The minimum Gasteiger partial charge on any atom is -0.284 e. The number of halogens is 1. The summed E-state index contributed by atoms with van der Waals surface area (Å²) < 4.78 is 12.3. The van der Waals surface area contributed by atoms with Crippen molar-refractivity contribution in [2.75, 3.05) is 0 Å². The molecule has 0 aliphatic rings. The van der Waals surface area contributed by atoms with Gasteiger partial charge in [-0.2, -0.15) is 18.6 Å². The average Bonchev–Trinajstić information content (AvgIpc) is 1.77. The number of hydrogen-bond acceptors (Lipinski definition) is 0. The molecule has 9 heavy (non-hydrogen) atoms. The Bertz CT molecular complexity index is 165. The van der Waals surface area contributed by atoms with E-state index in [9.17, 15) is 4.39 Å². The number of rotatable bonds is 0. The van der Waals surface area contributed by atoms with Crippen molar-refractivity contribution >= 4 is 0 Å². The summed E-state index contributed by atoms with van der Waals surface area (Å²) in [6.45, 7) is 3.45. The van der Waals surface area contributed by atoms with Crippen molar-refractivity contribution in [1.29, 1.82) is 0 Å². The molecule has 1 rings (SSSR count). The monoisotopic (exact) mass is 148 g/mol. The Morgan fingerprint density at radius 2 is 1.78 bits per heavy atom. The minimum atomic E-state index is -0.243. The molecule has 0 aliphatic carbocycles. The zero-order valence-corrected chi connectivity index (χ0v) is 8.52. The van der Waals surface area contributed by atoms with Crippen molar-refractivity contribution in [1.82, 2.24) is 0 Å². The molecule has 0 fully saturated rings. The molecule has 0 radical (unpaired) electrons. The zero-order valence-electron chi connectivity index (χ0n) is 5.39. The average molecular weight is 148 g/mol. The van der Waals surface area contributed by atoms with E-state index in [4.69, 9.17) is 0 Å². The standard InChI is InChI=1S/C7H6F.K/c1-6-4-2-3-5-7(6)8;/h2-5H,1H2;/q-1;+1. The smallest absolute Gasteiger partial charge is 0.284 e. The van der Waals surface area contributed by atoms with E-state index in [1.807, 2.05) is 0 Å². The second-order valence-corrected chi connectivity index (χ2v) is 1.59. The maximum absolute atomic E-state index is 12.3. The van der Waals surface area contributed by atoms with Crippen molar-refractivity contribution in [3.8, 4) is 0 Å². The Labute approximate surface area is 96.9 Å². The van der Waals surface area contributed by atoms with Crippen LogP contribution in [-0.4, -0.2) is 0 Å². The zero-order chi connectivity index (χ0) is 5.98. The molecule has 0 atom stereocenters. The third-order valence-electron chi connectivity index (χ3n) is 0.958. The molecule has 0 saturated carbocycles. The van der Waals surface area contributed by atoms with E-state index in [1.54, 1.807) is 18.2 Å². The summed E-state index contributed by atoms with van der Waals surface area (Å²) in [5, 5.41) is 0. The number of benzene rings is 1. The topological polar surface area (TPSA) is 0 Å². The van der Waals surface area contributed by atoms with Gasteiger partial charge in [-0.15, -0.1) is 6.07 Å². The fraction of sp³-hybridized carbons (Fsp3) is 0. The van der Waals surface area contributed by atoms with Gasteiger partial charge in [0, 0.05) is 5.82 Å². The third-order valence-corrected chi connectivity index (χ3v) is 0.958. The van der Waals surface area contributed by atoms with Crippen molar-refractivity contribution in [3.63, 3.8) is 0 Å². The third kappa shape index (κ3) is 2.82. The Morgan fingerprint density at radius 1 is 1.22 bits per heavy atom. The van der Waals surface area contributed by atoms with Crippen molar-refractivity contribution in [2.24, 2.45) is 0 Å². The Hall–Kier alpha value is 0.656. The van der Waals surface area contributed by atoms with Gasteiger partial charge in [0.1, 0.15) is 0 Å². The van der Waals surface area contributed by atoms with Gasteiger partial charge < -0.3 is 0 Å². The molecule has 1 aromatic carbocycles. The summed E-state index contributed by atoms with van der Waals surface area (Å²) in [6.07, 6.45) is 0. The van der Waals surface area contributed by atoms with E-state index in [0.29, 0.717) is 5.56 Å². The minimum absolute atomic E-state index is 0. The Balaban J connectivity index is 0.000000640. The van der Waals surface area contributed by atoms with Gasteiger partial charge in [0.05, 0.1) is 0 Å². The number of hydrogen-bond donors (Lipinski definition) is 0. The van der Waals surface area contributed by atoms with Gasteiger partial charge in [-0.1, -0.05) is 12.1 Å². The van der Waals surface area contributed by atoms with Crippen LogP contribution in [0, 0.1) is 12.7 Å². The van der Waals surface area contributed by atoms with Gasteiger partial charge in [-0.25, -0.2) is 0 Å². The summed E-state index contributed by atoms with van der Waals surface area (Å²) in [4.78, 5) is 0. The fourth-order valence-corrected chi connectivity index (χ4v) is 0.498. The van der Waals surface area contributed by atoms with Crippen LogP contribution in [0.2, 0.25) is 0 Å². The molecule has 1 aromatic rings. The van der Waals surface area contributed by atoms with Crippen LogP contribution in [0.1, 0.15) is 5.56 Å². The summed E-state index contributed by atoms with van der Waals surface area (Å²) in [5.74, 6) is -0.243. The molecule has 0 amide bonds. The van der Waals surface area contributed by atoms with Gasteiger partial charge in [-0.3, -0.25) is 4.39 Å². The summed E-state index contributed by atoms with van der Waals surface area (Å²) in [5.41, 5.74) is 0.451. The van der Waals surface area contributed by atoms with Gasteiger partial charge >= 0.3 is 51.4 Å². The molecule has 0 unspecified atom stereocenters. The van der Waals surface area contributed by atoms with Crippen LogP contribution in [0.15, 0.2) is 24.3 Å². The van der Waals surface area contributed by atoms with Crippen LogP contribution < -0.4 is 51.4 Å². The predicted octanol–water partition coefficient (Wildman–Crippen LogP) is -0.988. The molecule has 42 valence electrons. The maximum atomic E-state index is 12.3. The van der Waals surface area contributed by atoms with Crippen LogP contribution in [-0.2, 0) is 0 Å². The first-order chi connectivity index (χ1) is 3.80. The van der Waals surface area contributed by atoms with E-state index in [0.717, 1.165) is 0 Å². The van der Waals surface area contributed by atoms with Gasteiger partial charge in [0.15, 0.2) is 0 Å². The first kappa shape index (κ1) is 9.66. The van der Waals surface area contributed by atoms with E-state index in [2.05, 4.69) is 6.92 Å². The van der Waals surface area contributed by atoms with Crippen molar-refractivity contribution in [2.45, 2.75) is 0 Å². The first-order valence-electron chi connectivity index (χ1n) is 2.37. The summed E-state index contributed by atoms with van der Waals surface area (Å²) >= 11 is 0. The molecular weight excluding hydrogens is 142 g/mol. The Kier molecular flexibility index (Phi) is 4.79. The largest absolute Gasteiger partial charge is 1.00 e. The maximum Gasteiger partial charge on any atom is 1.00 e. The summed E-state index contributed by atoms with van der Waals surface area (Å²) in [7, 11) is 0. The van der Waals surface area contributed by atoms with Crippen LogP contribution in [0.5, 0.6) is 0 Å². The molecule has 0 bridgehead atoms. The van der Waals surface area contributed by atoms with Crippen molar-refractivity contribution < 1.29 is 55.8 Å². The van der Waals surface area contributed by atoms with Gasteiger partial charge in [0.25, 0.3) is 0 Å². The molecule has 2 heteroatoms. The molecule has 0 nitrogen and oxygen atoms in total.